The average Bonchev–Trinajstić information content (AvgIpc) is 2.92. The van der Waals surface area contributed by atoms with Gasteiger partial charge in [-0.1, -0.05) is 41.2 Å². The Bertz CT molecular complexity index is 708. The van der Waals surface area contributed by atoms with E-state index in [9.17, 15) is 4.79 Å². The van der Waals surface area contributed by atoms with Crippen molar-refractivity contribution in [2.24, 2.45) is 0 Å². The van der Waals surface area contributed by atoms with Crippen molar-refractivity contribution >= 4 is 52.3 Å². The molecule has 27 heavy (non-hydrogen) atoms. The molecule has 1 amide bonds. The predicted molar refractivity (Wildman–Crippen MR) is 109 cm³/mol. The summed E-state index contributed by atoms with van der Waals surface area (Å²) >= 11 is 7.47. The zero-order valence-corrected chi connectivity index (χ0v) is 17.6. The van der Waals surface area contributed by atoms with Crippen LogP contribution in [-0.4, -0.2) is 47.4 Å². The molecule has 0 aromatic heterocycles. The Morgan fingerprint density at radius 3 is 2.78 bits per heavy atom. The fraction of sp³-hybridized carbons (Fsp3) is 0.412. The van der Waals surface area contributed by atoms with E-state index in [4.69, 9.17) is 26.9 Å². The van der Waals surface area contributed by atoms with Gasteiger partial charge < -0.3 is 9.47 Å². The molecule has 0 bridgehead atoms. The average molecular weight is 432 g/mol. The number of aryl methyl sites for hydroxylation is 1. The third-order valence-corrected chi connectivity index (χ3v) is 5.87. The molecule has 0 atom stereocenters. The van der Waals surface area contributed by atoms with Gasteiger partial charge in [0.25, 0.3) is 5.91 Å². The molecule has 0 saturated carbocycles. The molecule has 1 aromatic carbocycles. The predicted octanol–water partition coefficient (Wildman–Crippen LogP) is 4.02. The fourth-order valence-electron chi connectivity index (χ4n) is 2.47. The molecule has 1 N–H and O–H groups in total. The van der Waals surface area contributed by atoms with Crippen molar-refractivity contribution in [3.63, 3.8) is 0 Å². The van der Waals surface area contributed by atoms with Crippen molar-refractivity contribution in [3.8, 4) is 0 Å². The van der Waals surface area contributed by atoms with Crippen LogP contribution in [0, 0.1) is 6.92 Å². The van der Waals surface area contributed by atoms with Gasteiger partial charge in [-0.3, -0.25) is 9.69 Å². The number of carbonyl (C=O) groups excluding carboxylic acids is 1. The van der Waals surface area contributed by atoms with Crippen LogP contribution in [0.25, 0.3) is 6.08 Å². The quantitative estimate of drug-likeness (QED) is 0.148. The highest BCUT2D eigenvalue weighted by molar-refractivity contribution is 8.26. The molecule has 0 unspecified atom stereocenters. The van der Waals surface area contributed by atoms with Gasteiger partial charge in [0.05, 0.1) is 16.9 Å². The lowest BCUT2D eigenvalue weighted by Gasteiger charge is -2.17. The summed E-state index contributed by atoms with van der Waals surface area (Å²) in [6, 6.07) is 5.66. The van der Waals surface area contributed by atoms with E-state index >= 15 is 0 Å². The first-order valence-electron chi connectivity index (χ1n) is 8.06. The molecule has 0 radical (unpaired) electrons. The maximum absolute atomic E-state index is 12.7. The van der Waals surface area contributed by atoms with Crippen molar-refractivity contribution < 1.29 is 28.9 Å². The standard InChI is InChI=1S/C17H21NO6S3/c1-11-6-7-12(13(9-11)27-24-23-20)10-14-16(19)18(17(25)26-14)8-4-5-15(21-2)22-3/h6-7,9-10,15,20H,4-5,8H2,1-3H3. The monoisotopic (exact) mass is 431 g/mol. The van der Waals surface area contributed by atoms with E-state index < -0.39 is 0 Å². The van der Waals surface area contributed by atoms with Gasteiger partial charge in [-0.15, -0.1) is 4.33 Å². The van der Waals surface area contributed by atoms with E-state index in [0.29, 0.717) is 33.5 Å². The SMILES string of the molecule is COC(CCCN1C(=O)C(=Cc2ccc(C)cc2SOOO)SC1=S)OC. The Labute approximate surface area is 172 Å². The molecular formula is C17H21NO6S3. The lowest BCUT2D eigenvalue weighted by atomic mass is 10.1. The molecule has 0 aliphatic carbocycles. The number of hydrogen-bond acceptors (Lipinski definition) is 9. The van der Waals surface area contributed by atoms with Gasteiger partial charge in [-0.25, -0.2) is 5.26 Å². The number of methoxy groups -OCH3 is 2. The highest BCUT2D eigenvalue weighted by atomic mass is 32.2. The van der Waals surface area contributed by atoms with E-state index in [2.05, 4.69) is 9.37 Å². The Morgan fingerprint density at radius 2 is 2.11 bits per heavy atom. The zero-order chi connectivity index (χ0) is 19.8. The van der Waals surface area contributed by atoms with Gasteiger partial charge in [0.1, 0.15) is 4.32 Å². The first-order chi connectivity index (χ1) is 13.0. The Hall–Kier alpha value is -0.980. The maximum atomic E-state index is 12.7. The molecule has 1 aliphatic heterocycles. The maximum Gasteiger partial charge on any atom is 0.266 e. The number of rotatable bonds is 10. The summed E-state index contributed by atoms with van der Waals surface area (Å²) in [5, 5.41) is 12.1. The van der Waals surface area contributed by atoms with Crippen LogP contribution in [0.5, 0.6) is 0 Å². The second-order valence-corrected chi connectivity index (χ2v) is 8.06. The first kappa shape index (κ1) is 22.3. The molecule has 1 saturated heterocycles. The third-order valence-electron chi connectivity index (χ3n) is 3.83. The molecule has 1 heterocycles. The van der Waals surface area contributed by atoms with Crippen LogP contribution in [0.2, 0.25) is 0 Å². The number of benzene rings is 1. The minimum absolute atomic E-state index is 0.132. The minimum Gasteiger partial charge on any atom is -0.356 e. The summed E-state index contributed by atoms with van der Waals surface area (Å²) in [6.07, 6.45) is 2.84. The zero-order valence-electron chi connectivity index (χ0n) is 15.2. The Balaban J connectivity index is 2.09. The number of thioether (sulfide) groups is 1. The van der Waals surface area contributed by atoms with Crippen molar-refractivity contribution in [3.05, 3.63) is 34.2 Å². The van der Waals surface area contributed by atoms with Crippen molar-refractivity contribution in [2.45, 2.75) is 31.0 Å². The van der Waals surface area contributed by atoms with Gasteiger partial charge in [0.15, 0.2) is 6.29 Å². The van der Waals surface area contributed by atoms with Crippen LogP contribution in [-0.2, 0) is 23.6 Å². The van der Waals surface area contributed by atoms with E-state index in [-0.39, 0.29) is 12.2 Å². The minimum atomic E-state index is -0.292. The topological polar surface area (TPSA) is 77.5 Å². The van der Waals surface area contributed by atoms with E-state index in [1.165, 1.54) is 11.8 Å². The highest BCUT2D eigenvalue weighted by Crippen LogP contribution is 2.35. The van der Waals surface area contributed by atoms with Crippen LogP contribution < -0.4 is 0 Å². The summed E-state index contributed by atoms with van der Waals surface area (Å²) in [6.45, 7) is 2.43. The smallest absolute Gasteiger partial charge is 0.266 e. The number of thiocarbonyl (C=S) groups is 1. The molecule has 2 rings (SSSR count). The van der Waals surface area contributed by atoms with Crippen molar-refractivity contribution in [1.29, 1.82) is 0 Å². The normalized spacial score (nSPS) is 16.2. The van der Waals surface area contributed by atoms with E-state index in [1.54, 1.807) is 25.2 Å². The van der Waals surface area contributed by atoms with Gasteiger partial charge in [-0.05, 0) is 36.6 Å². The van der Waals surface area contributed by atoms with Gasteiger partial charge >= 0.3 is 0 Å². The largest absolute Gasteiger partial charge is 0.356 e. The molecule has 1 aromatic rings. The summed E-state index contributed by atoms with van der Waals surface area (Å²) in [5.74, 6) is -0.132. The fourth-order valence-corrected chi connectivity index (χ4v) is 4.33. The number of carbonyl (C=O) groups is 1. The van der Waals surface area contributed by atoms with Crippen molar-refractivity contribution in [1.82, 2.24) is 4.90 Å². The lowest BCUT2D eigenvalue weighted by molar-refractivity contribution is -0.432. The number of nitrogens with zero attached hydrogens (tertiary/aromatic N) is 1. The number of hydrogen-bond donors (Lipinski definition) is 1. The van der Waals surface area contributed by atoms with E-state index in [1.807, 2.05) is 25.1 Å². The summed E-state index contributed by atoms with van der Waals surface area (Å²) < 4.78 is 15.4. The number of ether oxygens (including phenoxy) is 2. The van der Waals surface area contributed by atoms with Crippen LogP contribution in [0.1, 0.15) is 24.0 Å². The van der Waals surface area contributed by atoms with Crippen LogP contribution in [0.3, 0.4) is 0 Å². The molecule has 7 nitrogen and oxygen atoms in total. The van der Waals surface area contributed by atoms with Gasteiger partial charge in [0, 0.05) is 32.1 Å². The Kier molecular flexibility index (Phi) is 9.19. The summed E-state index contributed by atoms with van der Waals surface area (Å²) in [5.41, 5.74) is 1.77. The lowest BCUT2D eigenvalue weighted by Crippen LogP contribution is -2.29. The van der Waals surface area contributed by atoms with E-state index in [0.717, 1.165) is 23.2 Å². The van der Waals surface area contributed by atoms with Gasteiger partial charge in [-0.2, -0.15) is 0 Å². The summed E-state index contributed by atoms with van der Waals surface area (Å²) in [4.78, 5) is 15.5. The van der Waals surface area contributed by atoms with Crippen LogP contribution in [0.15, 0.2) is 28.0 Å². The number of amides is 1. The molecule has 148 valence electrons. The Morgan fingerprint density at radius 1 is 1.37 bits per heavy atom. The highest BCUT2D eigenvalue weighted by Gasteiger charge is 2.31. The summed E-state index contributed by atoms with van der Waals surface area (Å²) in [7, 11) is 3.17. The van der Waals surface area contributed by atoms with Gasteiger partial charge in [0.2, 0.25) is 0 Å². The second-order valence-electron chi connectivity index (χ2n) is 5.64. The van der Waals surface area contributed by atoms with Crippen LogP contribution >= 0.6 is 36.0 Å². The molecule has 0 spiro atoms. The molecular weight excluding hydrogens is 410 g/mol. The third kappa shape index (κ3) is 6.26. The molecule has 1 fully saturated rings. The molecule has 10 heteroatoms. The van der Waals surface area contributed by atoms with Crippen molar-refractivity contribution in [2.75, 3.05) is 20.8 Å². The molecule has 1 aliphatic rings. The first-order valence-corrected chi connectivity index (χ1v) is 10.0. The second kappa shape index (κ2) is 11.1. The van der Waals surface area contributed by atoms with Crippen LogP contribution in [0.4, 0.5) is 0 Å².